The van der Waals surface area contributed by atoms with E-state index in [0.717, 1.165) is 34.3 Å². The molecule has 2 aromatic rings. The summed E-state index contributed by atoms with van der Waals surface area (Å²) < 4.78 is 8.70. The molecule has 0 radical (unpaired) electrons. The number of aryl methyl sites for hydroxylation is 1. The minimum atomic E-state index is -0.478. The van der Waals surface area contributed by atoms with E-state index < -0.39 is 5.60 Å². The van der Waals surface area contributed by atoms with Gasteiger partial charge in [0.15, 0.2) is 0 Å². The van der Waals surface area contributed by atoms with Crippen LogP contribution in [0, 0.1) is 0 Å². The highest BCUT2D eigenvalue weighted by atomic mass is 79.9. The van der Waals surface area contributed by atoms with Gasteiger partial charge in [-0.05, 0) is 45.4 Å². The number of carbonyl (C=O) groups is 1. The van der Waals surface area contributed by atoms with Gasteiger partial charge in [0.25, 0.3) is 0 Å². The van der Waals surface area contributed by atoms with Gasteiger partial charge in [-0.15, -0.1) is 0 Å². The van der Waals surface area contributed by atoms with E-state index in [4.69, 9.17) is 4.74 Å². The molecular formula is C16H20BrN3O2. The third kappa shape index (κ3) is 3.11. The molecule has 2 heterocycles. The van der Waals surface area contributed by atoms with Crippen LogP contribution in [-0.4, -0.2) is 32.7 Å². The summed E-state index contributed by atoms with van der Waals surface area (Å²) in [4.78, 5) is 18.7. The number of hydrogen-bond donors (Lipinski definition) is 0. The van der Waals surface area contributed by atoms with E-state index in [-0.39, 0.29) is 6.09 Å². The van der Waals surface area contributed by atoms with Crippen molar-refractivity contribution < 1.29 is 9.53 Å². The van der Waals surface area contributed by atoms with Crippen molar-refractivity contribution in [2.24, 2.45) is 0 Å². The molecule has 0 saturated heterocycles. The summed E-state index contributed by atoms with van der Waals surface area (Å²) in [6.07, 6.45) is 0.627. The largest absolute Gasteiger partial charge is 0.444 e. The average molecular weight is 366 g/mol. The van der Waals surface area contributed by atoms with Crippen molar-refractivity contribution >= 4 is 33.1 Å². The van der Waals surface area contributed by atoms with Gasteiger partial charge in [0.2, 0.25) is 0 Å². The van der Waals surface area contributed by atoms with Crippen molar-refractivity contribution in [2.45, 2.75) is 45.9 Å². The second kappa shape index (κ2) is 5.57. The van der Waals surface area contributed by atoms with Crippen molar-refractivity contribution in [3.63, 3.8) is 0 Å². The molecule has 0 unspecified atom stereocenters. The molecule has 3 rings (SSSR count). The number of ether oxygens (including phenoxy) is 1. The molecular weight excluding hydrogens is 346 g/mol. The molecule has 118 valence electrons. The molecule has 1 aliphatic heterocycles. The van der Waals surface area contributed by atoms with Gasteiger partial charge in [-0.1, -0.05) is 15.9 Å². The number of carbonyl (C=O) groups excluding carboxylic acids is 1. The van der Waals surface area contributed by atoms with Gasteiger partial charge >= 0.3 is 6.09 Å². The van der Waals surface area contributed by atoms with E-state index in [9.17, 15) is 4.79 Å². The number of rotatable bonds is 0. The van der Waals surface area contributed by atoms with Gasteiger partial charge in [0.05, 0.1) is 17.6 Å². The Morgan fingerprint density at radius 2 is 2.09 bits per heavy atom. The molecule has 5 nitrogen and oxygen atoms in total. The summed E-state index contributed by atoms with van der Waals surface area (Å²) in [5.74, 6) is 0.913. The first kappa shape index (κ1) is 15.3. The maximum absolute atomic E-state index is 12.3. The van der Waals surface area contributed by atoms with Crippen LogP contribution >= 0.6 is 15.9 Å². The number of benzene rings is 1. The lowest BCUT2D eigenvalue weighted by atomic mass is 10.2. The first-order valence-corrected chi connectivity index (χ1v) is 8.25. The molecule has 1 aliphatic rings. The molecule has 6 heteroatoms. The Labute approximate surface area is 138 Å². The number of imidazole rings is 1. The van der Waals surface area contributed by atoms with Crippen LogP contribution in [0.25, 0.3) is 11.0 Å². The molecule has 0 bridgehead atoms. The normalized spacial score (nSPS) is 15.5. The predicted octanol–water partition coefficient (Wildman–Crippen LogP) is 3.94. The third-order valence-electron chi connectivity index (χ3n) is 3.58. The summed E-state index contributed by atoms with van der Waals surface area (Å²) in [6, 6.07) is 6.10. The predicted molar refractivity (Wildman–Crippen MR) is 88.7 cm³/mol. The van der Waals surface area contributed by atoms with Crippen LogP contribution in [-0.2, 0) is 17.8 Å². The zero-order valence-corrected chi connectivity index (χ0v) is 14.7. The Hall–Kier alpha value is -1.56. The maximum Gasteiger partial charge on any atom is 0.410 e. The summed E-state index contributed by atoms with van der Waals surface area (Å²) in [5.41, 5.74) is 1.59. The lowest BCUT2D eigenvalue weighted by Gasteiger charge is -2.25. The van der Waals surface area contributed by atoms with Gasteiger partial charge in [-0.3, -0.25) is 0 Å². The van der Waals surface area contributed by atoms with E-state index >= 15 is 0 Å². The van der Waals surface area contributed by atoms with E-state index in [1.54, 1.807) is 4.90 Å². The second-order valence-corrected chi connectivity index (χ2v) is 7.48. The quantitative estimate of drug-likeness (QED) is 0.710. The maximum atomic E-state index is 12.3. The second-order valence-electron chi connectivity index (χ2n) is 6.57. The number of amides is 1. The van der Waals surface area contributed by atoms with Crippen LogP contribution in [0.5, 0.6) is 0 Å². The zero-order valence-electron chi connectivity index (χ0n) is 13.1. The summed E-state index contributed by atoms with van der Waals surface area (Å²) >= 11 is 3.48. The van der Waals surface area contributed by atoms with E-state index in [2.05, 4.69) is 31.5 Å². The standard InChI is InChI=1S/C16H20BrN3O2/c1-16(2,3)22-15(21)19-7-4-8-20-13-6-5-11(17)9-12(13)18-14(20)10-19/h5-6,9H,4,7-8,10H2,1-3H3. The molecule has 0 saturated carbocycles. The van der Waals surface area contributed by atoms with Gasteiger partial charge in [0, 0.05) is 17.6 Å². The minimum absolute atomic E-state index is 0.269. The Kier molecular flexibility index (Phi) is 3.89. The van der Waals surface area contributed by atoms with Crippen LogP contribution < -0.4 is 0 Å². The zero-order chi connectivity index (χ0) is 15.9. The third-order valence-corrected chi connectivity index (χ3v) is 4.08. The molecule has 0 spiro atoms. The number of hydrogen-bond acceptors (Lipinski definition) is 3. The first-order chi connectivity index (χ1) is 10.3. The average Bonchev–Trinajstić information content (AvgIpc) is 2.60. The van der Waals surface area contributed by atoms with Crippen LogP contribution in [0.3, 0.4) is 0 Å². The highest BCUT2D eigenvalue weighted by molar-refractivity contribution is 9.10. The van der Waals surface area contributed by atoms with Gasteiger partial charge in [-0.25, -0.2) is 9.78 Å². The molecule has 1 aromatic heterocycles. The molecule has 0 N–H and O–H groups in total. The fraction of sp³-hybridized carbons (Fsp3) is 0.500. The number of nitrogens with zero attached hydrogens (tertiary/aromatic N) is 3. The molecule has 0 fully saturated rings. The molecule has 0 atom stereocenters. The monoisotopic (exact) mass is 365 g/mol. The Bertz CT molecular complexity index is 718. The van der Waals surface area contributed by atoms with Crippen molar-refractivity contribution in [1.29, 1.82) is 0 Å². The van der Waals surface area contributed by atoms with Crippen LogP contribution in [0.4, 0.5) is 4.79 Å². The lowest BCUT2D eigenvalue weighted by Crippen LogP contribution is -2.36. The minimum Gasteiger partial charge on any atom is -0.444 e. The summed E-state index contributed by atoms with van der Waals surface area (Å²) in [6.45, 7) is 7.70. The SMILES string of the molecule is CC(C)(C)OC(=O)N1CCCn2c(nc3cc(Br)ccc32)C1. The van der Waals surface area contributed by atoms with E-state index in [1.165, 1.54) is 0 Å². The molecule has 1 amide bonds. The van der Waals surface area contributed by atoms with Crippen LogP contribution in [0.1, 0.15) is 33.0 Å². The Balaban J connectivity index is 1.89. The number of halogens is 1. The topological polar surface area (TPSA) is 47.4 Å². The van der Waals surface area contributed by atoms with E-state index in [1.807, 2.05) is 32.9 Å². The number of fused-ring (bicyclic) bond motifs is 3. The van der Waals surface area contributed by atoms with Crippen LogP contribution in [0.15, 0.2) is 22.7 Å². The first-order valence-electron chi connectivity index (χ1n) is 7.46. The van der Waals surface area contributed by atoms with Crippen LogP contribution in [0.2, 0.25) is 0 Å². The Morgan fingerprint density at radius 1 is 1.32 bits per heavy atom. The fourth-order valence-corrected chi connectivity index (χ4v) is 3.02. The molecule has 0 aliphatic carbocycles. The van der Waals surface area contributed by atoms with Crippen molar-refractivity contribution in [3.8, 4) is 0 Å². The van der Waals surface area contributed by atoms with E-state index in [0.29, 0.717) is 13.1 Å². The Morgan fingerprint density at radius 3 is 2.82 bits per heavy atom. The van der Waals surface area contributed by atoms with Crippen molar-refractivity contribution in [1.82, 2.24) is 14.5 Å². The number of aromatic nitrogens is 2. The molecule has 1 aromatic carbocycles. The van der Waals surface area contributed by atoms with Gasteiger partial charge in [-0.2, -0.15) is 0 Å². The summed E-state index contributed by atoms with van der Waals surface area (Å²) in [5, 5.41) is 0. The van der Waals surface area contributed by atoms with Crippen molar-refractivity contribution in [3.05, 3.63) is 28.5 Å². The van der Waals surface area contributed by atoms with Crippen molar-refractivity contribution in [2.75, 3.05) is 6.54 Å². The highest BCUT2D eigenvalue weighted by Crippen LogP contribution is 2.24. The highest BCUT2D eigenvalue weighted by Gasteiger charge is 2.26. The van der Waals surface area contributed by atoms with Gasteiger partial charge in [0.1, 0.15) is 11.4 Å². The fourth-order valence-electron chi connectivity index (χ4n) is 2.67. The lowest BCUT2D eigenvalue weighted by molar-refractivity contribution is 0.0234. The van der Waals surface area contributed by atoms with Gasteiger partial charge < -0.3 is 14.2 Å². The smallest absolute Gasteiger partial charge is 0.410 e. The summed E-state index contributed by atoms with van der Waals surface area (Å²) in [7, 11) is 0. The molecule has 22 heavy (non-hydrogen) atoms.